The van der Waals surface area contributed by atoms with Crippen LogP contribution in [0.25, 0.3) is 5.52 Å². The molecule has 0 spiro atoms. The number of hydrogen-bond acceptors (Lipinski definition) is 12. The number of aromatic nitrogens is 3. The molecule has 2 aromatic heterocycles. The van der Waals surface area contributed by atoms with Crippen LogP contribution in [0.3, 0.4) is 0 Å². The fourth-order valence-electron chi connectivity index (χ4n) is 5.71. The molecule has 1 aliphatic heterocycles. The van der Waals surface area contributed by atoms with E-state index in [0.29, 0.717) is 12.1 Å². The molecule has 3 heterocycles. The Hall–Kier alpha value is -2.14. The number of nitrogens with two attached hydrogens (primary N) is 1. The van der Waals surface area contributed by atoms with E-state index in [-0.39, 0.29) is 24.7 Å². The lowest BCUT2D eigenvalue weighted by Gasteiger charge is -2.24. The number of fused-ring (bicyclic) bond motifs is 1. The van der Waals surface area contributed by atoms with E-state index in [1.165, 1.54) is 107 Å². The van der Waals surface area contributed by atoms with Gasteiger partial charge in [-0.1, -0.05) is 103 Å². The normalized spacial score (nSPS) is 22.7. The number of phosphoric ester groups is 1. The second kappa shape index (κ2) is 20.3. The van der Waals surface area contributed by atoms with E-state index in [2.05, 4.69) is 17.0 Å². The van der Waals surface area contributed by atoms with Crippen LogP contribution in [0.5, 0.6) is 0 Å². The van der Waals surface area contributed by atoms with Crippen LogP contribution in [-0.4, -0.2) is 70.2 Å². The highest BCUT2D eigenvalue weighted by molar-refractivity contribution is 7.48. The Morgan fingerprint density at radius 1 is 0.957 bits per heavy atom. The highest BCUT2D eigenvalue weighted by Crippen LogP contribution is 2.53. The van der Waals surface area contributed by atoms with Crippen LogP contribution in [0.2, 0.25) is 0 Å². The van der Waals surface area contributed by atoms with Gasteiger partial charge in [0.25, 0.3) is 0 Å². The van der Waals surface area contributed by atoms with Crippen molar-refractivity contribution in [1.29, 1.82) is 5.26 Å². The number of nitrogen functional groups attached to an aromatic ring is 1. The van der Waals surface area contributed by atoms with E-state index < -0.39 is 31.9 Å². The summed E-state index contributed by atoms with van der Waals surface area (Å²) in [6.45, 7) is 2.88. The van der Waals surface area contributed by atoms with E-state index in [1.54, 1.807) is 6.07 Å². The van der Waals surface area contributed by atoms with Gasteiger partial charge in [-0.2, -0.15) is 10.4 Å². The molecule has 1 saturated heterocycles. The maximum atomic E-state index is 13.1. The second-order valence-electron chi connectivity index (χ2n) is 11.9. The number of nitriles is 1. The van der Waals surface area contributed by atoms with Gasteiger partial charge in [-0.15, -0.1) is 0 Å². The van der Waals surface area contributed by atoms with E-state index in [1.807, 2.05) is 6.07 Å². The van der Waals surface area contributed by atoms with Gasteiger partial charge in [0.1, 0.15) is 30.1 Å². The summed E-state index contributed by atoms with van der Waals surface area (Å²) in [4.78, 5) is 3.90. The van der Waals surface area contributed by atoms with Gasteiger partial charge in [-0.05, 0) is 18.6 Å². The molecule has 1 fully saturated rings. The number of aliphatic hydroxyl groups is 2. The van der Waals surface area contributed by atoms with E-state index in [0.717, 1.165) is 20.0 Å². The first kappa shape index (κ1) is 38.3. The summed E-state index contributed by atoms with van der Waals surface area (Å²) in [5.41, 5.74) is 4.20. The third-order valence-electron chi connectivity index (χ3n) is 8.43. The molecule has 0 aromatic carbocycles. The maximum Gasteiger partial charge on any atom is 0.477 e. The number of ether oxygens (including phenoxy) is 2. The maximum absolute atomic E-state index is 13.1. The van der Waals surface area contributed by atoms with Crippen molar-refractivity contribution in [2.24, 2.45) is 0 Å². The third kappa shape index (κ3) is 11.0. The van der Waals surface area contributed by atoms with Gasteiger partial charge in [0, 0.05) is 13.7 Å². The van der Waals surface area contributed by atoms with Gasteiger partial charge < -0.3 is 25.4 Å². The second-order valence-corrected chi connectivity index (χ2v) is 13.6. The topological polar surface area (TPSA) is 184 Å². The SMILES string of the molecule is CCCCCCCCCCCCCCCCCCOCCOP(=O)(OC)O[C@H]1O[C@@](C#N)(c2ccc3c(N)ncnn23)[C@H](O)[C@@H]1O. The molecular weight excluding hydrogens is 613 g/mol. The first-order chi connectivity index (χ1) is 22.3. The average molecular weight is 668 g/mol. The van der Waals surface area contributed by atoms with Crippen molar-refractivity contribution < 1.29 is 37.8 Å². The lowest BCUT2D eigenvalue weighted by Crippen LogP contribution is -2.40. The summed E-state index contributed by atoms with van der Waals surface area (Å²) in [6, 6.07) is 4.90. The van der Waals surface area contributed by atoms with Crippen LogP contribution in [0.1, 0.15) is 115 Å². The van der Waals surface area contributed by atoms with Crippen molar-refractivity contribution >= 4 is 19.2 Å². The molecule has 3 rings (SSSR count). The number of rotatable bonds is 25. The van der Waals surface area contributed by atoms with Gasteiger partial charge in [0.05, 0.1) is 18.9 Å². The molecule has 2 aromatic rings. The predicted octanol–water partition coefficient (Wildman–Crippen LogP) is 6.17. The van der Waals surface area contributed by atoms with Crippen LogP contribution >= 0.6 is 7.82 Å². The summed E-state index contributed by atoms with van der Waals surface area (Å²) in [6.07, 6.45) is 16.7. The molecular formula is C32H54N5O8P. The monoisotopic (exact) mass is 667 g/mol. The molecule has 1 unspecified atom stereocenters. The lowest BCUT2D eigenvalue weighted by atomic mass is 9.93. The number of unbranched alkanes of at least 4 members (excludes halogenated alkanes) is 15. The Kier molecular flexibility index (Phi) is 16.9. The van der Waals surface area contributed by atoms with Crippen LogP contribution < -0.4 is 5.73 Å². The van der Waals surface area contributed by atoms with Crippen molar-refractivity contribution in [2.75, 3.05) is 32.7 Å². The van der Waals surface area contributed by atoms with Crippen molar-refractivity contribution in [3.63, 3.8) is 0 Å². The molecule has 13 nitrogen and oxygen atoms in total. The van der Waals surface area contributed by atoms with Gasteiger partial charge in [0.2, 0.25) is 5.60 Å². The Labute approximate surface area is 273 Å². The van der Waals surface area contributed by atoms with Crippen molar-refractivity contribution in [3.8, 4) is 6.07 Å². The average Bonchev–Trinajstić information content (AvgIpc) is 3.60. The minimum Gasteiger partial charge on any atom is -0.386 e. The molecule has 46 heavy (non-hydrogen) atoms. The predicted molar refractivity (Wildman–Crippen MR) is 174 cm³/mol. The van der Waals surface area contributed by atoms with Crippen LogP contribution in [-0.2, 0) is 33.2 Å². The van der Waals surface area contributed by atoms with E-state index >= 15 is 0 Å². The molecule has 260 valence electrons. The molecule has 0 saturated carbocycles. The Morgan fingerprint density at radius 3 is 2.11 bits per heavy atom. The molecule has 5 atom stereocenters. The van der Waals surface area contributed by atoms with Gasteiger partial charge in [-0.3, -0.25) is 13.6 Å². The number of anilines is 1. The molecule has 0 radical (unpaired) electrons. The number of phosphoric acid groups is 1. The summed E-state index contributed by atoms with van der Waals surface area (Å²) < 4.78 is 41.3. The van der Waals surface area contributed by atoms with Gasteiger partial charge >= 0.3 is 7.82 Å². The van der Waals surface area contributed by atoms with Gasteiger partial charge in [0.15, 0.2) is 12.1 Å². The van der Waals surface area contributed by atoms with Crippen molar-refractivity contribution in [2.45, 2.75) is 134 Å². The number of nitrogens with zero attached hydrogens (tertiary/aromatic N) is 4. The van der Waals surface area contributed by atoms with Crippen LogP contribution in [0.15, 0.2) is 18.5 Å². The third-order valence-corrected chi connectivity index (χ3v) is 9.84. The van der Waals surface area contributed by atoms with E-state index in [4.69, 9.17) is 28.8 Å². The number of aliphatic hydroxyl groups excluding tert-OH is 2. The Balaban J connectivity index is 1.27. The summed E-state index contributed by atoms with van der Waals surface area (Å²) in [5.74, 6) is 0.143. The van der Waals surface area contributed by atoms with Crippen LogP contribution in [0, 0.1) is 11.3 Å². The first-order valence-electron chi connectivity index (χ1n) is 16.9. The first-order valence-corrected chi connectivity index (χ1v) is 18.4. The molecule has 0 aliphatic carbocycles. The highest BCUT2D eigenvalue weighted by atomic mass is 31.2. The standard InChI is InChI=1S/C32H54N5O8P/c1-3-4-5-6-7-8-9-10-11-12-13-14-15-16-17-18-21-42-22-23-43-46(40,41-2)45-31-28(38)29(39)32(24-33,44-31)27-20-19-26-30(34)35-25-36-37(26)27/h19-20,25,28-29,31,38-39H,3-18,21-23H2,1-2H3,(H2,34,35,36)/t28-,29+,31+,32-,46?/m0/s1. The number of hydrogen-bond donors (Lipinski definition) is 3. The van der Waals surface area contributed by atoms with Crippen LogP contribution in [0.4, 0.5) is 5.82 Å². The zero-order valence-electron chi connectivity index (χ0n) is 27.6. The van der Waals surface area contributed by atoms with Crippen molar-refractivity contribution in [3.05, 3.63) is 24.2 Å². The minimum atomic E-state index is -4.24. The van der Waals surface area contributed by atoms with Gasteiger partial charge in [-0.25, -0.2) is 14.1 Å². The zero-order valence-corrected chi connectivity index (χ0v) is 28.5. The quantitative estimate of drug-likeness (QED) is 0.0809. The fourth-order valence-corrected chi connectivity index (χ4v) is 6.68. The van der Waals surface area contributed by atoms with E-state index in [9.17, 15) is 20.0 Å². The molecule has 0 bridgehead atoms. The minimum absolute atomic E-state index is 0.0763. The molecule has 0 amide bonds. The Morgan fingerprint density at radius 2 is 1.54 bits per heavy atom. The largest absolute Gasteiger partial charge is 0.477 e. The lowest BCUT2D eigenvalue weighted by molar-refractivity contribution is -0.144. The van der Waals surface area contributed by atoms with Crippen molar-refractivity contribution in [1.82, 2.24) is 14.6 Å². The molecule has 4 N–H and O–H groups in total. The molecule has 1 aliphatic rings. The zero-order chi connectivity index (χ0) is 33.3. The highest BCUT2D eigenvalue weighted by Gasteiger charge is 2.59. The summed E-state index contributed by atoms with van der Waals surface area (Å²) >= 11 is 0. The molecule has 14 heteroatoms. The summed E-state index contributed by atoms with van der Waals surface area (Å²) in [7, 11) is -3.13. The summed E-state index contributed by atoms with van der Waals surface area (Å²) in [5, 5.41) is 35.6. The smallest absolute Gasteiger partial charge is 0.386 e. The Bertz CT molecular complexity index is 1240. The fraction of sp³-hybridized carbons (Fsp3) is 0.781.